The number of amides is 1. The van der Waals surface area contributed by atoms with E-state index < -0.39 is 20.2 Å². The molecule has 5 rings (SSSR count). The Morgan fingerprint density at radius 3 is 2.58 bits per heavy atom. The first-order chi connectivity index (χ1) is 20.3. The van der Waals surface area contributed by atoms with Crippen molar-refractivity contribution in [2.24, 2.45) is 12.0 Å². The number of carbonyl (C=O) groups excluding carboxylic acids is 1. The Balaban J connectivity index is 1.62. The summed E-state index contributed by atoms with van der Waals surface area (Å²) in [6, 6.07) is 6.24. The van der Waals surface area contributed by atoms with Crippen LogP contribution in [0.5, 0.6) is 11.5 Å². The normalized spacial score (nSPS) is 17.9. The van der Waals surface area contributed by atoms with Crippen molar-refractivity contribution in [3.8, 4) is 22.8 Å². The monoisotopic (exact) mass is 607 g/mol. The lowest BCUT2D eigenvalue weighted by Gasteiger charge is -2.37. The van der Waals surface area contributed by atoms with E-state index in [1.54, 1.807) is 29.2 Å². The van der Waals surface area contributed by atoms with Crippen molar-refractivity contribution in [1.82, 2.24) is 29.6 Å². The third-order valence-electron chi connectivity index (χ3n) is 8.17. The fourth-order valence-corrected chi connectivity index (χ4v) is 6.02. The summed E-state index contributed by atoms with van der Waals surface area (Å²) in [6.07, 6.45) is 5.18. The van der Waals surface area contributed by atoms with Crippen LogP contribution in [0.3, 0.4) is 0 Å². The van der Waals surface area contributed by atoms with Gasteiger partial charge in [0.05, 0.1) is 32.3 Å². The first-order valence-electron chi connectivity index (χ1n) is 14.1. The van der Waals surface area contributed by atoms with Crippen molar-refractivity contribution in [2.45, 2.75) is 64.0 Å². The lowest BCUT2D eigenvalue weighted by molar-refractivity contribution is -0.125. The van der Waals surface area contributed by atoms with E-state index in [4.69, 9.17) is 23.9 Å². The van der Waals surface area contributed by atoms with Gasteiger partial charge in [-0.1, -0.05) is 20.8 Å². The van der Waals surface area contributed by atoms with Crippen LogP contribution in [0, 0.1) is 5.82 Å². The van der Waals surface area contributed by atoms with Gasteiger partial charge in [-0.15, -0.1) is 0 Å². The van der Waals surface area contributed by atoms with Gasteiger partial charge in [0, 0.05) is 49.9 Å². The van der Waals surface area contributed by atoms with Crippen LogP contribution in [-0.4, -0.2) is 64.9 Å². The van der Waals surface area contributed by atoms with Gasteiger partial charge < -0.3 is 23.8 Å². The molecule has 43 heavy (non-hydrogen) atoms. The molecule has 0 bridgehead atoms. The van der Waals surface area contributed by atoms with Gasteiger partial charge in [0.15, 0.2) is 25.5 Å². The minimum atomic E-state index is -2.19. The number of fused-ring (bicyclic) bond motifs is 1. The fourth-order valence-electron chi connectivity index (χ4n) is 4.75. The number of nitrogens with zero attached hydrogens (tertiary/aromatic N) is 6. The number of nitrogens with one attached hydrogen (secondary N) is 1. The van der Waals surface area contributed by atoms with Crippen molar-refractivity contribution < 1.29 is 23.1 Å². The second-order valence-corrected chi connectivity index (χ2v) is 17.0. The number of hydrogen-bond acceptors (Lipinski definition) is 8. The number of aromatic nitrogens is 5. The summed E-state index contributed by atoms with van der Waals surface area (Å²) in [4.78, 5) is 27.4. The molecule has 0 spiro atoms. The number of halogens is 1. The van der Waals surface area contributed by atoms with Gasteiger partial charge in [-0.25, -0.2) is 14.4 Å². The lowest BCUT2D eigenvalue weighted by atomic mass is 10.2. The zero-order valence-corrected chi connectivity index (χ0v) is 26.8. The molecule has 4 aromatic rings. The van der Waals surface area contributed by atoms with Gasteiger partial charge in [0.25, 0.3) is 0 Å². The summed E-state index contributed by atoms with van der Waals surface area (Å²) in [5, 5.41) is 7.32. The maximum atomic E-state index is 15.4. The van der Waals surface area contributed by atoms with Crippen LogP contribution < -0.4 is 20.3 Å². The molecule has 0 saturated carbocycles. The molecule has 1 saturated heterocycles. The summed E-state index contributed by atoms with van der Waals surface area (Å²) < 4.78 is 36.0. The van der Waals surface area contributed by atoms with Gasteiger partial charge in [-0.2, -0.15) is 5.10 Å². The largest absolute Gasteiger partial charge is 0.497 e. The summed E-state index contributed by atoms with van der Waals surface area (Å²) in [6.45, 7) is 11.0. The second-order valence-electron chi connectivity index (χ2n) is 12.3. The third-order valence-corrected chi connectivity index (χ3v) is 12.7. The summed E-state index contributed by atoms with van der Waals surface area (Å²) in [5.74, 6) is -0.351. The minimum Gasteiger partial charge on any atom is -0.497 e. The number of rotatable bonds is 8. The molecule has 2 unspecified atom stereocenters. The van der Waals surface area contributed by atoms with E-state index in [-0.39, 0.29) is 28.4 Å². The van der Waals surface area contributed by atoms with Gasteiger partial charge >= 0.3 is 0 Å². The molecule has 1 fully saturated rings. The molecule has 1 aromatic carbocycles. The maximum Gasteiger partial charge on any atom is 0.248 e. The van der Waals surface area contributed by atoms with Gasteiger partial charge in [-0.3, -0.25) is 14.5 Å². The number of ether oxygens (including phenoxy) is 2. The molecule has 1 amide bonds. The third kappa shape index (κ3) is 6.18. The number of hydrogen-bond donors (Lipinski definition) is 1. The molecule has 228 valence electrons. The summed E-state index contributed by atoms with van der Waals surface area (Å²) in [7, 11) is 2.52. The quantitative estimate of drug-likeness (QED) is 0.293. The minimum absolute atomic E-state index is 0.0118. The predicted molar refractivity (Wildman–Crippen MR) is 163 cm³/mol. The van der Waals surface area contributed by atoms with Crippen LogP contribution in [0.15, 0.2) is 47.8 Å². The SMILES string of the molecule is COc1cc(/N=c2\ccc3ncc(-c4cnn(C)c4)nc3n2CC2CC(O[Si](C)(C)C(C)(C)C)C(=O)N2)c(F)c(OC)c1. The lowest BCUT2D eigenvalue weighted by Crippen LogP contribution is -2.45. The molecule has 13 heteroatoms. The van der Waals surface area contributed by atoms with E-state index in [2.05, 4.69) is 49.3 Å². The number of carbonyl (C=O) groups is 1. The highest BCUT2D eigenvalue weighted by Crippen LogP contribution is 2.38. The molecule has 1 N–H and O–H groups in total. The molecule has 11 nitrogen and oxygen atoms in total. The molecular formula is C30H38FN7O4Si. The van der Waals surface area contributed by atoms with Crippen LogP contribution in [0.25, 0.3) is 22.4 Å². The number of benzene rings is 1. The van der Waals surface area contributed by atoms with E-state index in [0.717, 1.165) is 5.56 Å². The second kappa shape index (κ2) is 11.5. The van der Waals surface area contributed by atoms with E-state index in [1.165, 1.54) is 26.4 Å². The van der Waals surface area contributed by atoms with Crippen molar-refractivity contribution in [2.75, 3.05) is 14.2 Å². The van der Waals surface area contributed by atoms with Crippen LogP contribution in [-0.2, 0) is 22.8 Å². The number of pyridine rings is 1. The Kier molecular flexibility index (Phi) is 8.14. The molecule has 1 aliphatic rings. The van der Waals surface area contributed by atoms with Gasteiger partial charge in [-0.05, 0) is 30.3 Å². The Labute approximate surface area is 250 Å². The first kappa shape index (κ1) is 30.4. The van der Waals surface area contributed by atoms with Crippen molar-refractivity contribution in [1.29, 1.82) is 0 Å². The average Bonchev–Trinajstić information content (AvgIpc) is 3.54. The molecular weight excluding hydrogens is 569 g/mol. The highest BCUT2D eigenvalue weighted by atomic mass is 28.4. The average molecular weight is 608 g/mol. The number of methoxy groups -OCH3 is 2. The molecule has 3 aromatic heterocycles. The Bertz CT molecular complexity index is 1740. The van der Waals surface area contributed by atoms with Gasteiger partial charge in [0.1, 0.15) is 28.5 Å². The molecule has 4 heterocycles. The van der Waals surface area contributed by atoms with E-state index in [9.17, 15) is 4.79 Å². The smallest absolute Gasteiger partial charge is 0.248 e. The van der Waals surface area contributed by atoms with E-state index in [1.807, 2.05) is 17.8 Å². The standard InChI is InChI=1S/C30H38FN7O4Si/c1-30(2,3)43(7,8)42-25-11-19(34-29(25)39)17-38-26(35-22-12-20(40-5)13-24(41-6)27(22)31)10-9-21-28(38)36-23(15-32-21)18-14-33-37(4)16-18/h9-10,12-16,19,25H,11,17H2,1-8H3,(H,34,39)/b35-26+. The topological polar surface area (TPSA) is 118 Å². The Morgan fingerprint density at radius 1 is 1.16 bits per heavy atom. The highest BCUT2D eigenvalue weighted by molar-refractivity contribution is 6.74. The van der Waals surface area contributed by atoms with E-state index in [0.29, 0.717) is 41.1 Å². The van der Waals surface area contributed by atoms with Crippen LogP contribution >= 0.6 is 0 Å². The summed E-state index contributed by atoms with van der Waals surface area (Å²) >= 11 is 0. The van der Waals surface area contributed by atoms with Crippen molar-refractivity contribution >= 4 is 31.1 Å². The highest BCUT2D eigenvalue weighted by Gasteiger charge is 2.43. The molecule has 0 radical (unpaired) electrons. The first-order valence-corrected chi connectivity index (χ1v) is 17.0. The Morgan fingerprint density at radius 2 is 1.93 bits per heavy atom. The van der Waals surface area contributed by atoms with Crippen molar-refractivity contribution in [3.05, 3.63) is 54.2 Å². The Hall–Kier alpha value is -4.10. The molecule has 0 aliphatic carbocycles. The van der Waals surface area contributed by atoms with E-state index >= 15 is 4.39 Å². The zero-order chi connectivity index (χ0) is 31.1. The van der Waals surface area contributed by atoms with Gasteiger partial charge in [0.2, 0.25) is 5.91 Å². The zero-order valence-electron chi connectivity index (χ0n) is 25.8. The van der Waals surface area contributed by atoms with Crippen LogP contribution in [0.2, 0.25) is 18.1 Å². The summed E-state index contributed by atoms with van der Waals surface area (Å²) in [5.41, 5.74) is 3.02. The van der Waals surface area contributed by atoms with Crippen LogP contribution in [0.4, 0.5) is 10.1 Å². The fraction of sp³-hybridized carbons (Fsp3) is 0.433. The molecule has 1 aliphatic heterocycles. The predicted octanol–water partition coefficient (Wildman–Crippen LogP) is 4.50. The van der Waals surface area contributed by atoms with Crippen LogP contribution in [0.1, 0.15) is 27.2 Å². The van der Waals surface area contributed by atoms with Crippen molar-refractivity contribution in [3.63, 3.8) is 0 Å². The molecule has 2 atom stereocenters. The number of aryl methyl sites for hydroxylation is 1. The maximum absolute atomic E-state index is 15.4.